The van der Waals surface area contributed by atoms with Crippen molar-refractivity contribution in [2.75, 3.05) is 0 Å². The molecule has 0 amide bonds. The summed E-state index contributed by atoms with van der Waals surface area (Å²) < 4.78 is 1.79. The van der Waals surface area contributed by atoms with E-state index in [9.17, 15) is 4.79 Å². The average Bonchev–Trinajstić information content (AvgIpc) is 2.89. The minimum atomic E-state index is 0.0824. The normalized spacial score (nSPS) is 18.0. The summed E-state index contributed by atoms with van der Waals surface area (Å²) in [6.45, 7) is 8.56. The minimum absolute atomic E-state index is 0.0824. The molecule has 0 bridgehead atoms. The van der Waals surface area contributed by atoms with E-state index in [0.717, 1.165) is 34.3 Å². The van der Waals surface area contributed by atoms with E-state index in [0.29, 0.717) is 10.5 Å². The molecule has 0 saturated heterocycles. The number of fused-ring (bicyclic) bond motifs is 1. The molecule has 5 heteroatoms. The van der Waals surface area contributed by atoms with Crippen molar-refractivity contribution in [1.82, 2.24) is 9.55 Å². The fourth-order valence-corrected chi connectivity index (χ4v) is 4.65. The Bertz CT molecular complexity index is 768. The zero-order chi connectivity index (χ0) is 16.6. The summed E-state index contributed by atoms with van der Waals surface area (Å²) in [5, 5.41) is 1.69. The first-order valence-corrected chi connectivity index (χ1v) is 9.81. The third kappa shape index (κ3) is 3.36. The number of aryl methyl sites for hydroxylation is 1. The molecule has 0 radical (unpaired) electrons. The van der Waals surface area contributed by atoms with Crippen LogP contribution in [0.25, 0.3) is 5.69 Å². The second kappa shape index (κ2) is 6.73. The molecular formula is C18H22N2OS2. The zero-order valence-corrected chi connectivity index (χ0v) is 15.6. The number of hydrogen-bond acceptors (Lipinski definition) is 4. The van der Waals surface area contributed by atoms with Crippen LogP contribution in [0.3, 0.4) is 0 Å². The van der Waals surface area contributed by atoms with Crippen LogP contribution in [0.1, 0.15) is 38.4 Å². The molecule has 3 rings (SSSR count). The van der Waals surface area contributed by atoms with Crippen molar-refractivity contribution >= 4 is 23.5 Å². The van der Waals surface area contributed by atoms with Crippen LogP contribution in [0.2, 0.25) is 0 Å². The van der Waals surface area contributed by atoms with Crippen molar-refractivity contribution in [3.8, 4) is 5.69 Å². The first-order chi connectivity index (χ1) is 11.0. The lowest BCUT2D eigenvalue weighted by atomic mass is 10.2. The van der Waals surface area contributed by atoms with E-state index in [1.807, 2.05) is 24.3 Å². The van der Waals surface area contributed by atoms with Crippen LogP contribution in [-0.4, -0.2) is 20.1 Å². The van der Waals surface area contributed by atoms with E-state index in [-0.39, 0.29) is 5.56 Å². The highest BCUT2D eigenvalue weighted by Crippen LogP contribution is 2.35. The van der Waals surface area contributed by atoms with E-state index < -0.39 is 0 Å². The molecule has 0 saturated carbocycles. The van der Waals surface area contributed by atoms with Gasteiger partial charge in [-0.15, -0.1) is 11.8 Å². The standard InChI is InChI=1S/C18H22N2OS2/c1-5-12(3)23-18-19-15-10-13(4)22-16(15)17(21)20(18)14-8-6-11(2)7-9-14/h6-9,12-13H,5,10H2,1-4H3. The predicted octanol–water partition coefficient (Wildman–Crippen LogP) is 4.47. The fraction of sp³-hybridized carbons (Fsp3) is 0.444. The zero-order valence-electron chi connectivity index (χ0n) is 14.0. The quantitative estimate of drug-likeness (QED) is 0.604. The SMILES string of the molecule is CCC(C)Sc1nc2c(c(=O)n1-c1ccc(C)cc1)SC(C)C2. The van der Waals surface area contributed by atoms with Crippen LogP contribution in [0, 0.1) is 6.92 Å². The Balaban J connectivity index is 2.17. The van der Waals surface area contributed by atoms with E-state index in [4.69, 9.17) is 4.98 Å². The highest BCUT2D eigenvalue weighted by Gasteiger charge is 2.27. The van der Waals surface area contributed by atoms with E-state index >= 15 is 0 Å². The topological polar surface area (TPSA) is 34.9 Å². The maximum Gasteiger partial charge on any atom is 0.272 e. The molecule has 1 aliphatic heterocycles. The van der Waals surface area contributed by atoms with Crippen molar-refractivity contribution in [2.24, 2.45) is 0 Å². The Morgan fingerprint density at radius 1 is 1.39 bits per heavy atom. The molecule has 0 aliphatic carbocycles. The van der Waals surface area contributed by atoms with Crippen molar-refractivity contribution in [3.63, 3.8) is 0 Å². The van der Waals surface area contributed by atoms with Gasteiger partial charge in [0.2, 0.25) is 0 Å². The molecule has 3 nitrogen and oxygen atoms in total. The van der Waals surface area contributed by atoms with Gasteiger partial charge >= 0.3 is 0 Å². The number of hydrogen-bond donors (Lipinski definition) is 0. The van der Waals surface area contributed by atoms with Crippen molar-refractivity contribution in [1.29, 1.82) is 0 Å². The third-order valence-electron chi connectivity index (χ3n) is 4.05. The van der Waals surface area contributed by atoms with Crippen molar-refractivity contribution in [2.45, 2.75) is 61.1 Å². The molecule has 1 aromatic heterocycles. The smallest absolute Gasteiger partial charge is 0.268 e. The van der Waals surface area contributed by atoms with E-state index in [2.05, 4.69) is 27.7 Å². The van der Waals surface area contributed by atoms with Gasteiger partial charge in [-0.25, -0.2) is 4.98 Å². The van der Waals surface area contributed by atoms with Gasteiger partial charge in [-0.05, 0) is 25.5 Å². The Kier molecular flexibility index (Phi) is 4.87. The Hall–Kier alpha value is -1.20. The van der Waals surface area contributed by atoms with Gasteiger partial charge in [0.15, 0.2) is 5.16 Å². The van der Waals surface area contributed by atoms with Crippen LogP contribution < -0.4 is 5.56 Å². The van der Waals surface area contributed by atoms with Crippen molar-refractivity contribution < 1.29 is 0 Å². The van der Waals surface area contributed by atoms with Crippen LogP contribution in [-0.2, 0) is 6.42 Å². The molecule has 23 heavy (non-hydrogen) atoms. The van der Waals surface area contributed by atoms with Crippen LogP contribution in [0.5, 0.6) is 0 Å². The minimum Gasteiger partial charge on any atom is -0.268 e. The van der Waals surface area contributed by atoms with Crippen molar-refractivity contribution in [3.05, 3.63) is 45.9 Å². The van der Waals surface area contributed by atoms with E-state index in [1.54, 1.807) is 28.1 Å². The molecule has 2 atom stereocenters. The van der Waals surface area contributed by atoms with Gasteiger partial charge < -0.3 is 0 Å². The summed E-state index contributed by atoms with van der Waals surface area (Å²) in [4.78, 5) is 18.8. The molecule has 1 aliphatic rings. The fourth-order valence-electron chi connectivity index (χ4n) is 2.56. The highest BCUT2D eigenvalue weighted by atomic mass is 32.2. The van der Waals surface area contributed by atoms with Gasteiger partial charge in [-0.1, -0.05) is 50.2 Å². The van der Waals surface area contributed by atoms with Gasteiger partial charge in [0.1, 0.15) is 0 Å². The molecule has 0 spiro atoms. The van der Waals surface area contributed by atoms with Crippen LogP contribution in [0.15, 0.2) is 39.1 Å². The summed E-state index contributed by atoms with van der Waals surface area (Å²) in [5.41, 5.74) is 3.15. The number of thioether (sulfide) groups is 2. The number of benzene rings is 1. The lowest BCUT2D eigenvalue weighted by molar-refractivity contribution is 0.726. The third-order valence-corrected chi connectivity index (χ3v) is 6.49. The molecule has 0 fully saturated rings. The first kappa shape index (κ1) is 16.7. The van der Waals surface area contributed by atoms with Gasteiger partial charge in [0.05, 0.1) is 16.3 Å². The monoisotopic (exact) mass is 346 g/mol. The second-order valence-electron chi connectivity index (χ2n) is 6.12. The largest absolute Gasteiger partial charge is 0.272 e. The maximum absolute atomic E-state index is 13.1. The Morgan fingerprint density at radius 2 is 2.09 bits per heavy atom. The number of aromatic nitrogens is 2. The summed E-state index contributed by atoms with van der Waals surface area (Å²) in [6, 6.07) is 8.11. The molecular weight excluding hydrogens is 324 g/mol. The van der Waals surface area contributed by atoms with Crippen LogP contribution >= 0.6 is 23.5 Å². The lowest BCUT2D eigenvalue weighted by Crippen LogP contribution is -2.24. The van der Waals surface area contributed by atoms with Gasteiger partial charge in [-0.2, -0.15) is 0 Å². The van der Waals surface area contributed by atoms with Gasteiger partial charge in [0.25, 0.3) is 5.56 Å². The highest BCUT2D eigenvalue weighted by molar-refractivity contribution is 8.00. The summed E-state index contributed by atoms with van der Waals surface area (Å²) in [6.07, 6.45) is 1.94. The summed E-state index contributed by atoms with van der Waals surface area (Å²) in [5.74, 6) is 0. The van der Waals surface area contributed by atoms with Gasteiger partial charge in [-0.3, -0.25) is 9.36 Å². The molecule has 1 aromatic carbocycles. The van der Waals surface area contributed by atoms with Gasteiger partial charge in [0, 0.05) is 16.9 Å². The Morgan fingerprint density at radius 3 is 2.74 bits per heavy atom. The summed E-state index contributed by atoms with van der Waals surface area (Å²) in [7, 11) is 0. The maximum atomic E-state index is 13.1. The molecule has 122 valence electrons. The number of rotatable bonds is 4. The molecule has 0 N–H and O–H groups in total. The predicted molar refractivity (Wildman–Crippen MR) is 99.2 cm³/mol. The molecule has 2 aromatic rings. The Labute approximate surface area is 145 Å². The lowest BCUT2D eigenvalue weighted by Gasteiger charge is -2.16. The summed E-state index contributed by atoms with van der Waals surface area (Å²) >= 11 is 3.35. The van der Waals surface area contributed by atoms with Crippen LogP contribution in [0.4, 0.5) is 0 Å². The average molecular weight is 347 g/mol. The first-order valence-electron chi connectivity index (χ1n) is 8.06. The molecule has 2 unspecified atom stereocenters. The number of nitrogens with zero attached hydrogens (tertiary/aromatic N) is 2. The second-order valence-corrected chi connectivity index (χ2v) is 8.97. The molecule has 2 heterocycles. The van der Waals surface area contributed by atoms with E-state index in [1.165, 1.54) is 5.56 Å².